The molecule has 1 heterocycles. The van der Waals surface area contributed by atoms with Gasteiger partial charge in [0, 0.05) is 6.54 Å². The Morgan fingerprint density at radius 3 is 2.44 bits per heavy atom. The van der Waals surface area contributed by atoms with Crippen molar-refractivity contribution in [2.75, 3.05) is 6.54 Å². The summed E-state index contributed by atoms with van der Waals surface area (Å²) in [6.45, 7) is -0.0482. The Balaban J connectivity index is 2.79. The Morgan fingerprint density at radius 1 is 1.44 bits per heavy atom. The predicted octanol–water partition coefficient (Wildman–Crippen LogP) is 0.953. The molecule has 6 nitrogen and oxygen atoms in total. The number of carboxylic acid groups (broad SMARTS) is 1. The quantitative estimate of drug-likeness (QED) is 0.592. The van der Waals surface area contributed by atoms with Crippen molar-refractivity contribution in [3.63, 3.8) is 0 Å². The first kappa shape index (κ1) is 13.0. The van der Waals surface area contributed by atoms with E-state index in [1.807, 2.05) is 0 Å². The molecule has 0 aromatic rings. The van der Waals surface area contributed by atoms with Gasteiger partial charge < -0.3 is 5.11 Å². The predicted molar refractivity (Wildman–Crippen MR) is 43.8 cm³/mol. The summed E-state index contributed by atoms with van der Waals surface area (Å²) in [4.78, 5) is 11.0. The fourth-order valence-electron chi connectivity index (χ4n) is 1.26. The van der Waals surface area contributed by atoms with Gasteiger partial charge in [0.25, 0.3) is 0 Å². The first-order valence-electron chi connectivity index (χ1n) is 4.14. The second-order valence-electron chi connectivity index (χ2n) is 3.07. The minimum atomic E-state index is -5.75. The van der Waals surface area contributed by atoms with Crippen molar-refractivity contribution in [1.82, 2.24) is 4.90 Å². The Bertz CT molecular complexity index is 378. The lowest BCUT2D eigenvalue weighted by molar-refractivity contribution is -0.0626. The molecule has 0 aromatic carbocycles. The number of carbonyl (C=O) groups is 1. The van der Waals surface area contributed by atoms with Crippen LogP contribution in [0.15, 0.2) is 0 Å². The van der Waals surface area contributed by atoms with Crippen molar-refractivity contribution >= 4 is 16.2 Å². The van der Waals surface area contributed by atoms with E-state index in [4.69, 9.17) is 5.11 Å². The van der Waals surface area contributed by atoms with Gasteiger partial charge in [-0.2, -0.15) is 21.6 Å². The average Bonchev–Trinajstić information content (AvgIpc) is 2.49. The molecule has 1 aliphatic heterocycles. The van der Waals surface area contributed by atoms with Gasteiger partial charge >= 0.3 is 21.7 Å². The van der Waals surface area contributed by atoms with Crippen molar-refractivity contribution in [3.8, 4) is 0 Å². The van der Waals surface area contributed by atoms with Crippen molar-refractivity contribution in [2.45, 2.75) is 24.6 Å². The van der Waals surface area contributed by atoms with Crippen molar-refractivity contribution in [1.29, 1.82) is 0 Å². The molecule has 1 saturated heterocycles. The molecule has 0 spiro atoms. The molecule has 16 heavy (non-hydrogen) atoms. The van der Waals surface area contributed by atoms with Crippen LogP contribution in [0, 0.1) is 0 Å². The highest BCUT2D eigenvalue weighted by atomic mass is 32.2. The summed E-state index contributed by atoms with van der Waals surface area (Å²) in [6.07, 6.45) is -2.93. The van der Waals surface area contributed by atoms with Crippen LogP contribution < -0.4 is 0 Å². The number of alkyl halides is 3. The van der Waals surface area contributed by atoms with Crippen molar-refractivity contribution in [2.24, 2.45) is 0 Å². The van der Waals surface area contributed by atoms with E-state index in [1.54, 1.807) is 0 Å². The molecule has 0 aromatic heterocycles. The summed E-state index contributed by atoms with van der Waals surface area (Å²) in [7, 11) is -5.75. The van der Waals surface area contributed by atoms with Crippen LogP contribution in [0.25, 0.3) is 0 Å². The fourth-order valence-corrected chi connectivity index (χ4v) is 1.86. The highest BCUT2D eigenvalue weighted by Crippen LogP contribution is 2.29. The van der Waals surface area contributed by atoms with E-state index in [9.17, 15) is 26.4 Å². The molecule has 0 saturated carbocycles. The molecule has 0 aliphatic carbocycles. The lowest BCUT2D eigenvalue weighted by Crippen LogP contribution is -2.40. The zero-order valence-electron chi connectivity index (χ0n) is 7.77. The Hall–Kier alpha value is -1.03. The largest absolute Gasteiger partial charge is 0.523 e. The third-order valence-corrected chi connectivity index (χ3v) is 3.01. The summed E-state index contributed by atoms with van der Waals surface area (Å²) in [5, 5.41) is 8.55. The zero-order valence-corrected chi connectivity index (χ0v) is 8.58. The molecule has 1 unspecified atom stereocenters. The third-order valence-electron chi connectivity index (χ3n) is 1.96. The summed E-state index contributed by atoms with van der Waals surface area (Å²) < 4.78 is 60.9. The van der Waals surface area contributed by atoms with Gasteiger partial charge in [-0.15, -0.1) is 0 Å². The molecule has 1 amide bonds. The number of hydrogen-bond acceptors (Lipinski definition) is 4. The molecule has 0 radical (unpaired) electrons. The molecule has 10 heteroatoms. The van der Waals surface area contributed by atoms with Crippen LogP contribution in [-0.2, 0) is 14.3 Å². The smallest absolute Gasteiger partial charge is 0.465 e. The van der Waals surface area contributed by atoms with Gasteiger partial charge in [0.1, 0.15) is 0 Å². The molecule has 1 atom stereocenters. The molecule has 94 valence electrons. The minimum Gasteiger partial charge on any atom is -0.465 e. The topological polar surface area (TPSA) is 83.9 Å². The van der Waals surface area contributed by atoms with E-state index in [2.05, 4.69) is 4.18 Å². The number of halogens is 3. The number of likely N-dealkylation sites (tertiary alicyclic amines) is 1. The maximum absolute atomic E-state index is 11.9. The molecule has 1 rings (SSSR count). The molecule has 1 aliphatic rings. The molecule has 1 fully saturated rings. The summed E-state index contributed by atoms with van der Waals surface area (Å²) >= 11 is 0. The van der Waals surface area contributed by atoms with Gasteiger partial charge in [-0.05, 0) is 12.8 Å². The molecular formula is C6H8F3NO5S. The lowest BCUT2D eigenvalue weighted by Gasteiger charge is -2.21. The van der Waals surface area contributed by atoms with E-state index in [0.29, 0.717) is 4.90 Å². The SMILES string of the molecule is O=C(O)N1CCCC1OS(=O)(=O)C(F)(F)F. The van der Waals surface area contributed by atoms with Crippen LogP contribution in [0.2, 0.25) is 0 Å². The highest BCUT2D eigenvalue weighted by Gasteiger charge is 2.50. The van der Waals surface area contributed by atoms with Crippen LogP contribution in [0.5, 0.6) is 0 Å². The number of rotatable bonds is 2. The zero-order chi connectivity index (χ0) is 12.6. The molecular weight excluding hydrogens is 255 g/mol. The summed E-state index contributed by atoms with van der Waals surface area (Å²) in [5.41, 5.74) is -5.54. The van der Waals surface area contributed by atoms with E-state index < -0.39 is 27.9 Å². The van der Waals surface area contributed by atoms with E-state index in [0.717, 1.165) is 0 Å². The summed E-state index contributed by atoms with van der Waals surface area (Å²) in [6, 6.07) is 0. The lowest BCUT2D eigenvalue weighted by atomic mass is 10.4. The van der Waals surface area contributed by atoms with Crippen LogP contribution in [0.4, 0.5) is 18.0 Å². The van der Waals surface area contributed by atoms with Gasteiger partial charge in [0.15, 0.2) is 6.23 Å². The van der Waals surface area contributed by atoms with Crippen LogP contribution in [0.3, 0.4) is 0 Å². The van der Waals surface area contributed by atoms with Gasteiger partial charge in [0.2, 0.25) is 0 Å². The Kier molecular flexibility index (Phi) is 3.33. The summed E-state index contributed by atoms with van der Waals surface area (Å²) in [5.74, 6) is 0. The van der Waals surface area contributed by atoms with Gasteiger partial charge in [0.05, 0.1) is 0 Å². The third kappa shape index (κ3) is 2.55. The first-order valence-corrected chi connectivity index (χ1v) is 5.55. The number of amides is 1. The van der Waals surface area contributed by atoms with Crippen molar-refractivity contribution in [3.05, 3.63) is 0 Å². The monoisotopic (exact) mass is 263 g/mol. The second kappa shape index (κ2) is 4.09. The maximum Gasteiger partial charge on any atom is 0.523 e. The molecule has 1 N–H and O–H groups in total. The van der Waals surface area contributed by atoms with E-state index in [-0.39, 0.29) is 19.4 Å². The van der Waals surface area contributed by atoms with Crippen LogP contribution in [0.1, 0.15) is 12.8 Å². The standard InChI is InChI=1S/C6H8F3NO5S/c7-6(8,9)16(13,14)15-4-2-1-3-10(4)5(11)12/h4H,1-3H2,(H,11,12). The second-order valence-corrected chi connectivity index (χ2v) is 4.63. The average molecular weight is 263 g/mol. The van der Waals surface area contributed by atoms with E-state index in [1.165, 1.54) is 0 Å². The van der Waals surface area contributed by atoms with Crippen LogP contribution >= 0.6 is 0 Å². The number of nitrogens with zero attached hydrogens (tertiary/aromatic N) is 1. The molecule has 0 bridgehead atoms. The van der Waals surface area contributed by atoms with Gasteiger partial charge in [-0.3, -0.25) is 4.90 Å². The minimum absolute atomic E-state index is 0.0482. The van der Waals surface area contributed by atoms with Crippen LogP contribution in [-0.4, -0.2) is 42.8 Å². The van der Waals surface area contributed by atoms with Crippen molar-refractivity contribution < 1.29 is 35.7 Å². The number of hydrogen-bond donors (Lipinski definition) is 1. The van der Waals surface area contributed by atoms with Gasteiger partial charge in [-0.25, -0.2) is 8.98 Å². The Labute approximate surface area is 88.7 Å². The Morgan fingerprint density at radius 2 is 2.00 bits per heavy atom. The normalized spacial score (nSPS) is 22.4. The first-order chi connectivity index (χ1) is 7.15. The van der Waals surface area contributed by atoms with E-state index >= 15 is 0 Å². The maximum atomic E-state index is 11.9. The van der Waals surface area contributed by atoms with Gasteiger partial charge in [-0.1, -0.05) is 0 Å². The highest BCUT2D eigenvalue weighted by molar-refractivity contribution is 7.87. The fraction of sp³-hybridized carbons (Fsp3) is 0.833.